The summed E-state index contributed by atoms with van der Waals surface area (Å²) in [5.41, 5.74) is 4.95. The van der Waals surface area contributed by atoms with Gasteiger partial charge in [0.05, 0.1) is 10.6 Å². The smallest absolute Gasteiger partial charge is 0.270 e. The van der Waals surface area contributed by atoms with Crippen LogP contribution in [-0.4, -0.2) is 10.2 Å². The van der Waals surface area contributed by atoms with Crippen molar-refractivity contribution in [2.45, 2.75) is 20.5 Å². The van der Waals surface area contributed by atoms with Gasteiger partial charge in [-0.1, -0.05) is 84.1 Å². The van der Waals surface area contributed by atoms with E-state index in [-0.39, 0.29) is 5.91 Å². The van der Waals surface area contributed by atoms with Gasteiger partial charge in [-0.3, -0.25) is 9.69 Å². The van der Waals surface area contributed by atoms with Crippen LogP contribution in [0.2, 0.25) is 5.02 Å². The molecule has 0 unspecified atom stereocenters. The molecule has 1 aliphatic heterocycles. The topological polar surface area (TPSA) is 29.5 Å². The van der Waals surface area contributed by atoms with Gasteiger partial charge < -0.3 is 4.74 Å². The third-order valence-corrected chi connectivity index (χ3v) is 7.61. The standard InChI is InChI=1S/C29H22ClNO2S2/c1-18-7-13-23(15-19(18)2)31-28(32)27(35-29(31)34)16-25-24-6-4-3-5-21(24)10-14-26(25)33-17-20-8-11-22(30)12-9-20/h3-16H,17H2,1-2H3/b27-16+. The van der Waals surface area contributed by atoms with Crippen LogP contribution in [0.3, 0.4) is 0 Å². The maximum atomic E-state index is 13.5. The number of hydrogen-bond donors (Lipinski definition) is 0. The molecule has 6 heteroatoms. The lowest BCUT2D eigenvalue weighted by Gasteiger charge is -2.16. The number of carbonyl (C=O) groups is 1. The van der Waals surface area contributed by atoms with E-state index >= 15 is 0 Å². The Hall–Kier alpha value is -3.12. The highest BCUT2D eigenvalue weighted by Crippen LogP contribution is 2.39. The minimum atomic E-state index is -0.125. The van der Waals surface area contributed by atoms with Crippen LogP contribution in [-0.2, 0) is 11.4 Å². The SMILES string of the molecule is Cc1ccc(N2C(=O)/C(=C\c3c(OCc4ccc(Cl)cc4)ccc4ccccc34)SC2=S)cc1C. The summed E-state index contributed by atoms with van der Waals surface area (Å²) in [6.45, 7) is 4.47. The van der Waals surface area contributed by atoms with E-state index in [9.17, 15) is 4.79 Å². The summed E-state index contributed by atoms with van der Waals surface area (Å²) in [6.07, 6.45) is 1.90. The molecule has 3 nitrogen and oxygen atoms in total. The molecule has 0 N–H and O–H groups in total. The van der Waals surface area contributed by atoms with Crippen LogP contribution in [0, 0.1) is 13.8 Å². The highest BCUT2D eigenvalue weighted by Gasteiger charge is 2.33. The number of thiocarbonyl (C=S) groups is 1. The normalized spacial score (nSPS) is 14.8. The molecule has 1 fully saturated rings. The van der Waals surface area contributed by atoms with E-state index in [4.69, 9.17) is 28.6 Å². The Bertz CT molecular complexity index is 1490. The molecule has 0 atom stereocenters. The average Bonchev–Trinajstić information content (AvgIpc) is 3.14. The molecule has 1 heterocycles. The molecule has 0 bridgehead atoms. The first-order valence-corrected chi connectivity index (χ1v) is 12.8. The lowest BCUT2D eigenvalue weighted by Crippen LogP contribution is -2.27. The number of thioether (sulfide) groups is 1. The minimum Gasteiger partial charge on any atom is -0.488 e. The molecular weight excluding hydrogens is 494 g/mol. The van der Waals surface area contributed by atoms with Crippen molar-refractivity contribution in [1.29, 1.82) is 0 Å². The molecule has 0 saturated carbocycles. The van der Waals surface area contributed by atoms with Crippen molar-refractivity contribution < 1.29 is 9.53 Å². The van der Waals surface area contributed by atoms with Gasteiger partial charge in [0, 0.05) is 10.6 Å². The lowest BCUT2D eigenvalue weighted by molar-refractivity contribution is -0.113. The summed E-state index contributed by atoms with van der Waals surface area (Å²) in [5, 5.41) is 2.77. The van der Waals surface area contributed by atoms with Crippen LogP contribution >= 0.6 is 35.6 Å². The van der Waals surface area contributed by atoms with Crippen molar-refractivity contribution >= 4 is 68.3 Å². The van der Waals surface area contributed by atoms with Gasteiger partial charge in [0.15, 0.2) is 4.32 Å². The first-order valence-electron chi connectivity index (χ1n) is 11.1. The van der Waals surface area contributed by atoms with Gasteiger partial charge in [-0.2, -0.15) is 0 Å². The Labute approximate surface area is 219 Å². The van der Waals surface area contributed by atoms with Crippen LogP contribution in [0.5, 0.6) is 5.75 Å². The first-order chi connectivity index (χ1) is 16.9. The summed E-state index contributed by atoms with van der Waals surface area (Å²) < 4.78 is 6.75. The van der Waals surface area contributed by atoms with Crippen molar-refractivity contribution in [1.82, 2.24) is 0 Å². The molecular formula is C29H22ClNO2S2. The van der Waals surface area contributed by atoms with E-state index < -0.39 is 0 Å². The fraction of sp³-hybridized carbons (Fsp3) is 0.103. The predicted octanol–water partition coefficient (Wildman–Crippen LogP) is 8.09. The summed E-state index contributed by atoms with van der Waals surface area (Å²) in [5.74, 6) is 0.579. The fourth-order valence-electron chi connectivity index (χ4n) is 3.98. The monoisotopic (exact) mass is 515 g/mol. The van der Waals surface area contributed by atoms with Gasteiger partial charge in [-0.15, -0.1) is 0 Å². The molecule has 1 saturated heterocycles. The Morgan fingerprint density at radius 3 is 2.51 bits per heavy atom. The summed E-state index contributed by atoms with van der Waals surface area (Å²) in [6, 6.07) is 25.6. The zero-order valence-corrected chi connectivity index (χ0v) is 21.6. The molecule has 1 amide bonds. The second-order valence-electron chi connectivity index (χ2n) is 8.40. The van der Waals surface area contributed by atoms with Crippen LogP contribution in [0.1, 0.15) is 22.3 Å². The summed E-state index contributed by atoms with van der Waals surface area (Å²) in [7, 11) is 0. The molecule has 174 valence electrons. The number of carbonyl (C=O) groups excluding carboxylic acids is 1. The fourth-order valence-corrected chi connectivity index (χ4v) is 5.38. The Morgan fingerprint density at radius 1 is 0.971 bits per heavy atom. The molecule has 0 aliphatic carbocycles. The number of nitrogens with zero attached hydrogens (tertiary/aromatic N) is 1. The van der Waals surface area contributed by atoms with E-state index in [2.05, 4.69) is 13.0 Å². The molecule has 1 aliphatic rings. The van der Waals surface area contributed by atoms with Gasteiger partial charge in [0.1, 0.15) is 12.4 Å². The van der Waals surface area contributed by atoms with E-state index in [1.807, 2.05) is 85.8 Å². The largest absolute Gasteiger partial charge is 0.488 e. The van der Waals surface area contributed by atoms with Crippen molar-refractivity contribution in [2.75, 3.05) is 4.90 Å². The van der Waals surface area contributed by atoms with Crippen molar-refractivity contribution in [3.05, 3.63) is 111 Å². The van der Waals surface area contributed by atoms with Crippen molar-refractivity contribution in [3.8, 4) is 5.75 Å². The van der Waals surface area contributed by atoms with Gasteiger partial charge in [0.2, 0.25) is 0 Å². The average molecular weight is 516 g/mol. The van der Waals surface area contributed by atoms with Crippen LogP contribution in [0.25, 0.3) is 16.8 Å². The molecule has 0 radical (unpaired) electrons. The first kappa shape index (κ1) is 23.6. The second-order valence-corrected chi connectivity index (χ2v) is 10.5. The Balaban J connectivity index is 1.52. The molecule has 0 spiro atoms. The van der Waals surface area contributed by atoms with E-state index in [0.29, 0.717) is 26.6 Å². The zero-order chi connectivity index (χ0) is 24.5. The van der Waals surface area contributed by atoms with E-state index in [1.54, 1.807) is 4.90 Å². The van der Waals surface area contributed by atoms with Gasteiger partial charge in [0.25, 0.3) is 5.91 Å². The van der Waals surface area contributed by atoms with Gasteiger partial charge in [-0.25, -0.2) is 0 Å². The number of amides is 1. The highest BCUT2D eigenvalue weighted by atomic mass is 35.5. The summed E-state index contributed by atoms with van der Waals surface area (Å²) in [4.78, 5) is 15.7. The number of ether oxygens (including phenoxy) is 1. The number of halogens is 1. The lowest BCUT2D eigenvalue weighted by atomic mass is 10.0. The molecule has 0 aromatic heterocycles. The third-order valence-electron chi connectivity index (χ3n) is 6.06. The molecule has 5 rings (SSSR count). The number of hydrogen-bond acceptors (Lipinski definition) is 4. The number of aryl methyl sites for hydroxylation is 2. The zero-order valence-electron chi connectivity index (χ0n) is 19.2. The van der Waals surface area contributed by atoms with Crippen molar-refractivity contribution in [2.24, 2.45) is 0 Å². The van der Waals surface area contributed by atoms with Crippen LogP contribution in [0.15, 0.2) is 83.8 Å². The summed E-state index contributed by atoms with van der Waals surface area (Å²) >= 11 is 12.9. The van der Waals surface area contributed by atoms with Crippen LogP contribution < -0.4 is 9.64 Å². The number of rotatable bonds is 5. The second kappa shape index (κ2) is 9.86. The molecule has 4 aromatic rings. The number of benzene rings is 4. The number of anilines is 1. The predicted molar refractivity (Wildman–Crippen MR) is 151 cm³/mol. The van der Waals surface area contributed by atoms with E-state index in [0.717, 1.165) is 33.2 Å². The minimum absolute atomic E-state index is 0.125. The van der Waals surface area contributed by atoms with Gasteiger partial charge >= 0.3 is 0 Å². The Kier molecular flexibility index (Phi) is 6.65. The molecule has 35 heavy (non-hydrogen) atoms. The van der Waals surface area contributed by atoms with Crippen molar-refractivity contribution in [3.63, 3.8) is 0 Å². The Morgan fingerprint density at radius 2 is 1.74 bits per heavy atom. The van der Waals surface area contributed by atoms with E-state index in [1.165, 1.54) is 17.3 Å². The highest BCUT2D eigenvalue weighted by molar-refractivity contribution is 8.27. The third kappa shape index (κ3) is 4.85. The maximum Gasteiger partial charge on any atom is 0.270 e. The number of fused-ring (bicyclic) bond motifs is 1. The van der Waals surface area contributed by atoms with Crippen LogP contribution in [0.4, 0.5) is 5.69 Å². The molecule has 4 aromatic carbocycles. The van der Waals surface area contributed by atoms with Gasteiger partial charge in [-0.05, 0) is 77.7 Å². The quantitative estimate of drug-likeness (QED) is 0.198. The maximum absolute atomic E-state index is 13.5.